The van der Waals surface area contributed by atoms with Crippen LogP contribution in [0.1, 0.15) is 12.5 Å². The van der Waals surface area contributed by atoms with Gasteiger partial charge >= 0.3 is 6.18 Å². The third-order valence-corrected chi connectivity index (χ3v) is 3.79. The third kappa shape index (κ3) is 5.10. The molecule has 1 aromatic carbocycles. The summed E-state index contributed by atoms with van der Waals surface area (Å²) in [6, 6.07) is 4.84. The number of nitrogens with zero attached hydrogens (tertiary/aromatic N) is 2. The molecular formula is C16H21F3N2O3. The Labute approximate surface area is 138 Å². The molecule has 1 saturated heterocycles. The van der Waals surface area contributed by atoms with Gasteiger partial charge in [-0.25, -0.2) is 0 Å². The van der Waals surface area contributed by atoms with E-state index in [1.54, 1.807) is 11.8 Å². The van der Waals surface area contributed by atoms with Crippen LogP contribution in [0.2, 0.25) is 0 Å². The summed E-state index contributed by atoms with van der Waals surface area (Å²) in [5.74, 6) is -0.685. The number of carbonyl (C=O) groups excluding carboxylic acids is 1. The maximum atomic E-state index is 12.9. The van der Waals surface area contributed by atoms with E-state index in [1.807, 2.05) is 4.90 Å². The van der Waals surface area contributed by atoms with Gasteiger partial charge in [0.1, 0.15) is 5.75 Å². The second-order valence-electron chi connectivity index (χ2n) is 5.81. The molecule has 134 valence electrons. The first-order valence-electron chi connectivity index (χ1n) is 7.74. The molecule has 24 heavy (non-hydrogen) atoms. The molecule has 1 fully saturated rings. The SMILES string of the molecule is CC(O)CN1CCN(C(=O)COc2ccccc2C(F)(F)F)CC1. The number of alkyl halides is 3. The van der Waals surface area contributed by atoms with Crippen molar-refractivity contribution in [2.24, 2.45) is 0 Å². The fourth-order valence-electron chi connectivity index (χ4n) is 2.61. The van der Waals surface area contributed by atoms with Crippen molar-refractivity contribution in [1.82, 2.24) is 9.80 Å². The van der Waals surface area contributed by atoms with Crippen molar-refractivity contribution >= 4 is 5.91 Å². The molecule has 2 rings (SSSR count). The van der Waals surface area contributed by atoms with E-state index in [4.69, 9.17) is 4.74 Å². The van der Waals surface area contributed by atoms with Gasteiger partial charge in [0.25, 0.3) is 5.91 Å². The van der Waals surface area contributed by atoms with Gasteiger partial charge in [-0.2, -0.15) is 13.2 Å². The summed E-state index contributed by atoms with van der Waals surface area (Å²) in [7, 11) is 0. The Hall–Kier alpha value is -1.80. The molecule has 0 aromatic heterocycles. The van der Waals surface area contributed by atoms with Crippen LogP contribution in [0.5, 0.6) is 5.75 Å². The fourth-order valence-corrected chi connectivity index (χ4v) is 2.61. The molecule has 1 amide bonds. The minimum Gasteiger partial charge on any atom is -0.483 e. The number of ether oxygens (including phenoxy) is 1. The van der Waals surface area contributed by atoms with E-state index in [0.29, 0.717) is 32.7 Å². The summed E-state index contributed by atoms with van der Waals surface area (Å²) in [5, 5.41) is 9.35. The van der Waals surface area contributed by atoms with Crippen LogP contribution in [0, 0.1) is 0 Å². The zero-order valence-corrected chi connectivity index (χ0v) is 13.4. The number of rotatable bonds is 5. The third-order valence-electron chi connectivity index (χ3n) is 3.79. The Morgan fingerprint density at radius 1 is 1.25 bits per heavy atom. The molecule has 1 aromatic rings. The number of benzene rings is 1. The van der Waals surface area contributed by atoms with Crippen molar-refractivity contribution in [2.75, 3.05) is 39.3 Å². The van der Waals surface area contributed by atoms with Gasteiger partial charge in [0, 0.05) is 32.7 Å². The van der Waals surface area contributed by atoms with Crippen LogP contribution in [-0.4, -0.2) is 66.2 Å². The van der Waals surface area contributed by atoms with Crippen LogP contribution < -0.4 is 4.74 Å². The molecule has 1 heterocycles. The van der Waals surface area contributed by atoms with Crippen LogP contribution >= 0.6 is 0 Å². The molecule has 1 aliphatic heterocycles. The lowest BCUT2D eigenvalue weighted by atomic mass is 10.2. The molecule has 1 atom stereocenters. The van der Waals surface area contributed by atoms with Crippen LogP contribution in [0.4, 0.5) is 13.2 Å². The monoisotopic (exact) mass is 346 g/mol. The number of hydrogen-bond acceptors (Lipinski definition) is 4. The van der Waals surface area contributed by atoms with Gasteiger partial charge in [0.15, 0.2) is 6.61 Å². The molecule has 0 saturated carbocycles. The first-order chi connectivity index (χ1) is 11.3. The Morgan fingerprint density at radius 3 is 2.46 bits per heavy atom. The zero-order valence-electron chi connectivity index (χ0n) is 13.4. The van der Waals surface area contributed by atoms with Crippen LogP contribution in [0.3, 0.4) is 0 Å². The minimum atomic E-state index is -4.52. The summed E-state index contributed by atoms with van der Waals surface area (Å²) >= 11 is 0. The normalized spacial score (nSPS) is 17.6. The standard InChI is InChI=1S/C16H21F3N2O3/c1-12(22)10-20-6-8-21(9-7-20)15(23)11-24-14-5-3-2-4-13(14)16(17,18)19/h2-5,12,22H,6-11H2,1H3. The molecule has 8 heteroatoms. The lowest BCUT2D eigenvalue weighted by Crippen LogP contribution is -2.51. The van der Waals surface area contributed by atoms with E-state index >= 15 is 0 Å². The van der Waals surface area contributed by atoms with Crippen molar-refractivity contribution in [1.29, 1.82) is 0 Å². The largest absolute Gasteiger partial charge is 0.483 e. The number of halogens is 3. The van der Waals surface area contributed by atoms with Crippen molar-refractivity contribution in [3.8, 4) is 5.75 Å². The van der Waals surface area contributed by atoms with Crippen LogP contribution in [0.15, 0.2) is 24.3 Å². The van der Waals surface area contributed by atoms with E-state index in [9.17, 15) is 23.1 Å². The number of piperazine rings is 1. The van der Waals surface area contributed by atoms with Crippen LogP contribution in [0.25, 0.3) is 0 Å². The average molecular weight is 346 g/mol. The van der Waals surface area contributed by atoms with Gasteiger partial charge in [-0.3, -0.25) is 9.69 Å². The number of aliphatic hydroxyl groups is 1. The van der Waals surface area contributed by atoms with Gasteiger partial charge in [0.05, 0.1) is 11.7 Å². The maximum Gasteiger partial charge on any atom is 0.419 e. The van der Waals surface area contributed by atoms with Crippen molar-refractivity contribution in [3.63, 3.8) is 0 Å². The van der Waals surface area contributed by atoms with Gasteiger partial charge in [-0.15, -0.1) is 0 Å². The molecule has 0 spiro atoms. The molecule has 1 unspecified atom stereocenters. The highest BCUT2D eigenvalue weighted by atomic mass is 19.4. The van der Waals surface area contributed by atoms with Crippen molar-refractivity contribution < 1.29 is 27.8 Å². The molecular weight excluding hydrogens is 325 g/mol. The second-order valence-corrected chi connectivity index (χ2v) is 5.81. The highest BCUT2D eigenvalue weighted by molar-refractivity contribution is 5.78. The predicted octanol–water partition coefficient (Wildman–Crippen LogP) is 1.61. The van der Waals surface area contributed by atoms with Gasteiger partial charge in [-0.05, 0) is 19.1 Å². The number of aliphatic hydroxyl groups excluding tert-OH is 1. The Morgan fingerprint density at radius 2 is 1.88 bits per heavy atom. The number of para-hydroxylation sites is 1. The van der Waals surface area contributed by atoms with Crippen molar-refractivity contribution in [2.45, 2.75) is 19.2 Å². The Kier molecular flexibility index (Phi) is 6.06. The Balaban J connectivity index is 1.87. The number of amides is 1. The maximum absolute atomic E-state index is 12.9. The van der Waals surface area contributed by atoms with E-state index in [-0.39, 0.29) is 11.7 Å². The summed E-state index contributed by atoms with van der Waals surface area (Å²) < 4.78 is 43.7. The smallest absolute Gasteiger partial charge is 0.419 e. The fraction of sp³-hybridized carbons (Fsp3) is 0.562. The molecule has 5 nitrogen and oxygen atoms in total. The first-order valence-corrected chi connectivity index (χ1v) is 7.74. The number of hydrogen-bond donors (Lipinski definition) is 1. The van der Waals surface area contributed by atoms with E-state index < -0.39 is 24.5 Å². The molecule has 0 bridgehead atoms. The molecule has 1 aliphatic rings. The molecule has 0 radical (unpaired) electrons. The highest BCUT2D eigenvalue weighted by Gasteiger charge is 2.34. The summed E-state index contributed by atoms with van der Waals surface area (Å²) in [6.45, 7) is 3.99. The highest BCUT2D eigenvalue weighted by Crippen LogP contribution is 2.35. The lowest BCUT2D eigenvalue weighted by molar-refractivity contribution is -0.141. The van der Waals surface area contributed by atoms with E-state index in [0.717, 1.165) is 6.07 Å². The van der Waals surface area contributed by atoms with Gasteiger partial charge in [0.2, 0.25) is 0 Å². The second kappa shape index (κ2) is 7.85. The minimum absolute atomic E-state index is 0.342. The van der Waals surface area contributed by atoms with Crippen molar-refractivity contribution in [3.05, 3.63) is 29.8 Å². The lowest BCUT2D eigenvalue weighted by Gasteiger charge is -2.35. The van der Waals surface area contributed by atoms with Crippen LogP contribution in [-0.2, 0) is 11.0 Å². The molecule has 0 aliphatic carbocycles. The summed E-state index contributed by atoms with van der Waals surface area (Å²) in [5.41, 5.74) is -0.889. The average Bonchev–Trinajstić information content (AvgIpc) is 2.52. The first kappa shape index (κ1) is 18.5. The topological polar surface area (TPSA) is 53.0 Å². The Bertz CT molecular complexity index is 556. The van der Waals surface area contributed by atoms with E-state index in [2.05, 4.69) is 0 Å². The quantitative estimate of drug-likeness (QED) is 0.880. The van der Waals surface area contributed by atoms with Gasteiger partial charge < -0.3 is 14.7 Å². The number of β-amino-alcohol motifs (C(OH)–C–C–N with tert-alkyl or cyclic N) is 1. The van der Waals surface area contributed by atoms with Gasteiger partial charge in [-0.1, -0.05) is 12.1 Å². The van der Waals surface area contributed by atoms with E-state index in [1.165, 1.54) is 18.2 Å². The number of carbonyl (C=O) groups is 1. The predicted molar refractivity (Wildman–Crippen MR) is 81.6 cm³/mol. The summed E-state index contributed by atoms with van der Waals surface area (Å²) in [4.78, 5) is 15.7. The molecule has 1 N–H and O–H groups in total. The summed E-state index contributed by atoms with van der Waals surface area (Å²) in [6.07, 6.45) is -4.96. The zero-order chi connectivity index (χ0) is 17.7.